The minimum Gasteiger partial charge on any atom is -0.325 e. The SMILES string of the molecule is NC1(Cc2cc(Cl)c(F)cc2Cl)CC1. The quantitative estimate of drug-likeness (QED) is 0.781. The van der Waals surface area contributed by atoms with Crippen molar-refractivity contribution in [1.82, 2.24) is 0 Å². The van der Waals surface area contributed by atoms with Gasteiger partial charge < -0.3 is 5.73 Å². The molecule has 0 bridgehead atoms. The van der Waals surface area contributed by atoms with E-state index in [1.807, 2.05) is 0 Å². The molecule has 2 rings (SSSR count). The molecule has 1 aliphatic rings. The Kier molecular flexibility index (Phi) is 2.46. The molecular weight excluding hydrogens is 224 g/mol. The molecule has 0 spiro atoms. The molecule has 1 aromatic carbocycles. The molecular formula is C10H10Cl2FN. The maximum Gasteiger partial charge on any atom is 0.143 e. The fourth-order valence-electron chi connectivity index (χ4n) is 1.42. The first-order valence-electron chi connectivity index (χ1n) is 4.42. The van der Waals surface area contributed by atoms with Gasteiger partial charge >= 0.3 is 0 Å². The summed E-state index contributed by atoms with van der Waals surface area (Å²) in [5.74, 6) is -0.484. The molecule has 1 nitrogen and oxygen atoms in total. The lowest BCUT2D eigenvalue weighted by molar-refractivity contribution is 0.624. The highest BCUT2D eigenvalue weighted by atomic mass is 35.5. The third-order valence-electron chi connectivity index (χ3n) is 2.52. The number of nitrogens with two attached hydrogens (primary N) is 1. The number of rotatable bonds is 2. The maximum absolute atomic E-state index is 13.0. The third kappa shape index (κ3) is 2.02. The summed E-state index contributed by atoms with van der Waals surface area (Å²) in [5.41, 5.74) is 6.64. The highest BCUT2D eigenvalue weighted by Crippen LogP contribution is 2.38. The summed E-state index contributed by atoms with van der Waals surface area (Å²) in [5, 5.41) is 0.511. The van der Waals surface area contributed by atoms with Crippen LogP contribution < -0.4 is 5.73 Å². The molecule has 1 saturated carbocycles. The molecule has 0 aliphatic heterocycles. The first kappa shape index (κ1) is 10.2. The van der Waals surface area contributed by atoms with Crippen molar-refractivity contribution >= 4 is 23.2 Å². The van der Waals surface area contributed by atoms with Gasteiger partial charge in [0, 0.05) is 10.6 Å². The second kappa shape index (κ2) is 3.37. The van der Waals surface area contributed by atoms with E-state index in [0.29, 0.717) is 11.4 Å². The van der Waals surface area contributed by atoms with E-state index in [1.54, 1.807) is 6.07 Å². The van der Waals surface area contributed by atoms with E-state index >= 15 is 0 Å². The van der Waals surface area contributed by atoms with Gasteiger partial charge in [-0.3, -0.25) is 0 Å². The van der Waals surface area contributed by atoms with E-state index in [9.17, 15) is 4.39 Å². The molecule has 4 heteroatoms. The van der Waals surface area contributed by atoms with Crippen LogP contribution in [0.25, 0.3) is 0 Å². The number of benzene rings is 1. The molecule has 0 unspecified atom stereocenters. The molecule has 0 aromatic heterocycles. The molecule has 0 heterocycles. The second-order valence-corrected chi connectivity index (χ2v) is 4.71. The summed E-state index contributed by atoms with van der Waals surface area (Å²) in [6.07, 6.45) is 2.67. The highest BCUT2D eigenvalue weighted by Gasteiger charge is 2.38. The normalized spacial score (nSPS) is 18.3. The highest BCUT2D eigenvalue weighted by molar-refractivity contribution is 6.33. The van der Waals surface area contributed by atoms with Crippen LogP contribution in [0.4, 0.5) is 4.39 Å². The Morgan fingerprint density at radius 1 is 1.29 bits per heavy atom. The first-order valence-corrected chi connectivity index (χ1v) is 5.18. The van der Waals surface area contributed by atoms with E-state index in [0.717, 1.165) is 18.4 Å². The minimum atomic E-state index is -0.484. The van der Waals surface area contributed by atoms with E-state index in [2.05, 4.69) is 0 Å². The minimum absolute atomic E-state index is 0.105. The average molecular weight is 234 g/mol. The van der Waals surface area contributed by atoms with Crippen LogP contribution in [0.2, 0.25) is 10.0 Å². The van der Waals surface area contributed by atoms with Gasteiger partial charge in [-0.25, -0.2) is 4.39 Å². The van der Waals surface area contributed by atoms with Gasteiger partial charge in [-0.05, 0) is 37.0 Å². The van der Waals surface area contributed by atoms with Crippen molar-refractivity contribution in [1.29, 1.82) is 0 Å². The Hall–Kier alpha value is -0.310. The van der Waals surface area contributed by atoms with Crippen LogP contribution in [-0.4, -0.2) is 5.54 Å². The van der Waals surface area contributed by atoms with Gasteiger partial charge in [0.1, 0.15) is 5.82 Å². The molecule has 76 valence electrons. The summed E-state index contributed by atoms with van der Waals surface area (Å²) in [6.45, 7) is 0. The Balaban J connectivity index is 2.29. The number of hydrogen-bond acceptors (Lipinski definition) is 1. The monoisotopic (exact) mass is 233 g/mol. The van der Waals surface area contributed by atoms with Crippen LogP contribution in [0, 0.1) is 5.82 Å². The van der Waals surface area contributed by atoms with Crippen molar-refractivity contribution < 1.29 is 4.39 Å². The number of hydrogen-bond donors (Lipinski definition) is 1. The lowest BCUT2D eigenvalue weighted by atomic mass is 10.1. The fourth-order valence-corrected chi connectivity index (χ4v) is 1.82. The Morgan fingerprint density at radius 2 is 1.93 bits per heavy atom. The van der Waals surface area contributed by atoms with Crippen LogP contribution >= 0.6 is 23.2 Å². The van der Waals surface area contributed by atoms with Gasteiger partial charge in [-0.2, -0.15) is 0 Å². The Bertz CT molecular complexity index is 375. The van der Waals surface area contributed by atoms with Crippen LogP contribution in [0.1, 0.15) is 18.4 Å². The van der Waals surface area contributed by atoms with Gasteiger partial charge in [0.15, 0.2) is 0 Å². The zero-order valence-electron chi connectivity index (χ0n) is 7.49. The molecule has 1 aliphatic carbocycles. The molecule has 1 fully saturated rings. The maximum atomic E-state index is 13.0. The Labute approximate surface area is 92.0 Å². The zero-order valence-corrected chi connectivity index (χ0v) is 9.00. The van der Waals surface area contributed by atoms with Crippen LogP contribution in [0.5, 0.6) is 0 Å². The Morgan fingerprint density at radius 3 is 2.50 bits per heavy atom. The number of halogens is 3. The van der Waals surface area contributed by atoms with Crippen molar-refractivity contribution in [3.63, 3.8) is 0 Å². The lowest BCUT2D eigenvalue weighted by Crippen LogP contribution is -2.24. The van der Waals surface area contributed by atoms with Crippen molar-refractivity contribution in [2.24, 2.45) is 5.73 Å². The first-order chi connectivity index (χ1) is 6.50. The third-order valence-corrected chi connectivity index (χ3v) is 3.17. The van der Waals surface area contributed by atoms with Gasteiger partial charge in [-0.15, -0.1) is 0 Å². The van der Waals surface area contributed by atoms with Gasteiger partial charge in [0.05, 0.1) is 5.02 Å². The zero-order chi connectivity index (χ0) is 10.3. The van der Waals surface area contributed by atoms with E-state index < -0.39 is 5.82 Å². The molecule has 0 atom stereocenters. The van der Waals surface area contributed by atoms with Crippen molar-refractivity contribution in [3.05, 3.63) is 33.6 Å². The topological polar surface area (TPSA) is 26.0 Å². The van der Waals surface area contributed by atoms with Crippen LogP contribution in [0.3, 0.4) is 0 Å². The summed E-state index contributed by atoms with van der Waals surface area (Å²) < 4.78 is 13.0. The largest absolute Gasteiger partial charge is 0.325 e. The van der Waals surface area contributed by atoms with Crippen molar-refractivity contribution in [3.8, 4) is 0 Å². The predicted molar refractivity (Wildman–Crippen MR) is 56.3 cm³/mol. The molecule has 0 radical (unpaired) electrons. The van der Waals surface area contributed by atoms with Gasteiger partial charge in [0.2, 0.25) is 0 Å². The summed E-state index contributed by atoms with van der Waals surface area (Å²) in [4.78, 5) is 0. The van der Waals surface area contributed by atoms with Crippen LogP contribution in [0.15, 0.2) is 12.1 Å². The summed E-state index contributed by atoms with van der Waals surface area (Å²) in [6, 6.07) is 2.80. The van der Waals surface area contributed by atoms with Gasteiger partial charge in [-0.1, -0.05) is 23.2 Å². The van der Waals surface area contributed by atoms with E-state index in [1.165, 1.54) is 6.07 Å². The van der Waals surface area contributed by atoms with Gasteiger partial charge in [0.25, 0.3) is 0 Å². The molecule has 1 aromatic rings. The van der Waals surface area contributed by atoms with E-state index in [-0.39, 0.29) is 10.6 Å². The smallest absolute Gasteiger partial charge is 0.143 e. The second-order valence-electron chi connectivity index (χ2n) is 3.90. The lowest BCUT2D eigenvalue weighted by Gasteiger charge is -2.10. The van der Waals surface area contributed by atoms with E-state index in [4.69, 9.17) is 28.9 Å². The standard InChI is InChI=1S/C10H10Cl2FN/c11-7-4-9(13)8(12)3-6(7)5-10(14)1-2-10/h3-4H,1-2,5,14H2. The average Bonchev–Trinajstić information content (AvgIpc) is 2.80. The van der Waals surface area contributed by atoms with Crippen molar-refractivity contribution in [2.75, 3.05) is 0 Å². The van der Waals surface area contributed by atoms with Crippen LogP contribution in [-0.2, 0) is 6.42 Å². The van der Waals surface area contributed by atoms with Crippen molar-refractivity contribution in [2.45, 2.75) is 24.8 Å². The fraction of sp³-hybridized carbons (Fsp3) is 0.400. The predicted octanol–water partition coefficient (Wildman–Crippen LogP) is 3.17. The molecule has 0 saturated heterocycles. The summed E-state index contributed by atoms with van der Waals surface area (Å²) in [7, 11) is 0. The molecule has 14 heavy (non-hydrogen) atoms. The summed E-state index contributed by atoms with van der Waals surface area (Å²) >= 11 is 11.5. The molecule has 2 N–H and O–H groups in total. The molecule has 0 amide bonds.